The predicted octanol–water partition coefficient (Wildman–Crippen LogP) is 2.35. The van der Waals surface area contributed by atoms with Gasteiger partial charge in [-0.1, -0.05) is 0 Å². The quantitative estimate of drug-likeness (QED) is 0.852. The van der Waals surface area contributed by atoms with Gasteiger partial charge < -0.3 is 10.1 Å². The van der Waals surface area contributed by atoms with Crippen LogP contribution in [0.15, 0.2) is 18.2 Å². The van der Waals surface area contributed by atoms with Gasteiger partial charge in [0.25, 0.3) is 0 Å². The molecule has 2 N–H and O–H groups in total. The van der Waals surface area contributed by atoms with Gasteiger partial charge in [-0.25, -0.2) is 9.18 Å². The molecule has 1 aromatic rings. The van der Waals surface area contributed by atoms with Crippen LogP contribution in [0.4, 0.5) is 20.6 Å². The van der Waals surface area contributed by atoms with Crippen molar-refractivity contribution in [2.24, 2.45) is 0 Å². The van der Waals surface area contributed by atoms with Crippen molar-refractivity contribution < 1.29 is 18.7 Å². The van der Waals surface area contributed by atoms with E-state index >= 15 is 0 Å². The van der Waals surface area contributed by atoms with Crippen molar-refractivity contribution in [1.29, 1.82) is 0 Å². The van der Waals surface area contributed by atoms with Crippen molar-refractivity contribution in [2.75, 3.05) is 17.2 Å². The van der Waals surface area contributed by atoms with E-state index in [1.807, 2.05) is 0 Å². The van der Waals surface area contributed by atoms with Gasteiger partial charge in [0, 0.05) is 12.6 Å². The molecule has 0 saturated carbocycles. The number of rotatable bonds is 3. The van der Waals surface area contributed by atoms with Gasteiger partial charge in [-0.2, -0.15) is 0 Å². The Balaban J connectivity index is 2.81. The molecule has 0 aromatic heterocycles. The molecule has 6 heteroatoms. The molecule has 0 heterocycles. The first-order chi connectivity index (χ1) is 8.02. The number of carbonyl (C=O) groups excluding carboxylic acids is 2. The Morgan fingerprint density at radius 2 is 2.06 bits per heavy atom. The second-order valence-electron chi connectivity index (χ2n) is 3.22. The standard InChI is InChI=1S/C11H13FN2O3/c1-3-17-11(16)14-8-4-5-9(12)10(6-8)13-7(2)15/h4-6H,3H2,1-2H3,(H,13,15)(H,14,16). The largest absolute Gasteiger partial charge is 0.450 e. The van der Waals surface area contributed by atoms with Crippen LogP contribution in [0.25, 0.3) is 0 Å². The lowest BCUT2D eigenvalue weighted by Crippen LogP contribution is -2.14. The van der Waals surface area contributed by atoms with Crippen LogP contribution in [0.3, 0.4) is 0 Å². The second-order valence-corrected chi connectivity index (χ2v) is 3.22. The van der Waals surface area contributed by atoms with E-state index in [1.54, 1.807) is 6.92 Å². The van der Waals surface area contributed by atoms with Gasteiger partial charge in [-0.05, 0) is 25.1 Å². The molecular formula is C11H13FN2O3. The van der Waals surface area contributed by atoms with Gasteiger partial charge in [0.1, 0.15) is 5.82 Å². The summed E-state index contributed by atoms with van der Waals surface area (Å²) in [6.07, 6.45) is -0.632. The van der Waals surface area contributed by atoms with Gasteiger partial charge in [0.15, 0.2) is 0 Å². The van der Waals surface area contributed by atoms with Crippen molar-refractivity contribution in [1.82, 2.24) is 0 Å². The van der Waals surface area contributed by atoms with Crippen LogP contribution in [0, 0.1) is 5.82 Å². The average Bonchev–Trinajstić information content (AvgIpc) is 2.22. The van der Waals surface area contributed by atoms with Crippen LogP contribution >= 0.6 is 0 Å². The molecule has 0 aliphatic heterocycles. The summed E-state index contributed by atoms with van der Waals surface area (Å²) in [5.74, 6) is -0.966. The zero-order valence-corrected chi connectivity index (χ0v) is 9.54. The number of anilines is 2. The zero-order valence-electron chi connectivity index (χ0n) is 9.54. The zero-order chi connectivity index (χ0) is 12.8. The number of hydrogen-bond donors (Lipinski definition) is 2. The van der Waals surface area contributed by atoms with Gasteiger partial charge >= 0.3 is 6.09 Å². The highest BCUT2D eigenvalue weighted by Crippen LogP contribution is 2.19. The van der Waals surface area contributed by atoms with Gasteiger partial charge in [-0.15, -0.1) is 0 Å². The number of amides is 2. The Hall–Kier alpha value is -2.11. The smallest absolute Gasteiger partial charge is 0.411 e. The van der Waals surface area contributed by atoms with E-state index in [2.05, 4.69) is 15.4 Å². The molecule has 2 amide bonds. The summed E-state index contributed by atoms with van der Waals surface area (Å²) in [5, 5.41) is 4.72. The second kappa shape index (κ2) is 5.83. The topological polar surface area (TPSA) is 67.4 Å². The first-order valence-corrected chi connectivity index (χ1v) is 5.04. The van der Waals surface area contributed by atoms with Crippen LogP contribution in [0.2, 0.25) is 0 Å². The SMILES string of the molecule is CCOC(=O)Nc1ccc(F)c(NC(C)=O)c1. The highest BCUT2D eigenvalue weighted by atomic mass is 19.1. The van der Waals surface area contributed by atoms with Crippen LogP contribution in [0.1, 0.15) is 13.8 Å². The fraction of sp³-hybridized carbons (Fsp3) is 0.273. The monoisotopic (exact) mass is 240 g/mol. The molecule has 0 atom stereocenters. The van der Waals surface area contributed by atoms with E-state index in [0.717, 1.165) is 6.07 Å². The average molecular weight is 240 g/mol. The number of ether oxygens (including phenoxy) is 1. The Morgan fingerprint density at radius 3 is 2.65 bits per heavy atom. The molecule has 92 valence electrons. The Kier molecular flexibility index (Phi) is 4.45. The third kappa shape index (κ3) is 4.10. The minimum absolute atomic E-state index is 0.00629. The third-order valence-corrected chi connectivity index (χ3v) is 1.80. The minimum atomic E-state index is -0.632. The molecular weight excluding hydrogens is 227 g/mol. The molecule has 0 fully saturated rings. The summed E-state index contributed by atoms with van der Waals surface area (Å²) in [4.78, 5) is 21.9. The fourth-order valence-corrected chi connectivity index (χ4v) is 1.17. The maximum atomic E-state index is 13.3. The molecule has 5 nitrogen and oxygen atoms in total. The van der Waals surface area contributed by atoms with Crippen molar-refractivity contribution in [3.05, 3.63) is 24.0 Å². The van der Waals surface area contributed by atoms with Crippen molar-refractivity contribution in [2.45, 2.75) is 13.8 Å². The van der Waals surface area contributed by atoms with E-state index in [-0.39, 0.29) is 12.3 Å². The third-order valence-electron chi connectivity index (χ3n) is 1.80. The van der Waals surface area contributed by atoms with E-state index in [1.165, 1.54) is 19.1 Å². The summed E-state index contributed by atoms with van der Waals surface area (Å²) in [6, 6.07) is 3.83. The molecule has 0 radical (unpaired) electrons. The maximum absolute atomic E-state index is 13.3. The molecule has 0 bridgehead atoms. The van der Waals surface area contributed by atoms with Crippen LogP contribution in [0.5, 0.6) is 0 Å². The fourth-order valence-electron chi connectivity index (χ4n) is 1.17. The normalized spacial score (nSPS) is 9.59. The summed E-state index contributed by atoms with van der Waals surface area (Å²) in [7, 11) is 0. The molecule has 0 unspecified atom stereocenters. The number of carbonyl (C=O) groups is 2. The number of benzene rings is 1. The van der Waals surface area contributed by atoms with E-state index in [0.29, 0.717) is 5.69 Å². The summed E-state index contributed by atoms with van der Waals surface area (Å²) in [6.45, 7) is 3.18. The van der Waals surface area contributed by atoms with Crippen molar-refractivity contribution in [3.8, 4) is 0 Å². The lowest BCUT2D eigenvalue weighted by Gasteiger charge is -2.08. The molecule has 1 rings (SSSR count). The van der Waals surface area contributed by atoms with Crippen LogP contribution in [-0.2, 0) is 9.53 Å². The van der Waals surface area contributed by atoms with E-state index in [4.69, 9.17) is 0 Å². The van der Waals surface area contributed by atoms with Crippen molar-refractivity contribution >= 4 is 23.4 Å². The van der Waals surface area contributed by atoms with Crippen LogP contribution in [-0.4, -0.2) is 18.6 Å². The van der Waals surface area contributed by atoms with Crippen LogP contribution < -0.4 is 10.6 Å². The molecule has 17 heavy (non-hydrogen) atoms. The Morgan fingerprint density at radius 1 is 1.35 bits per heavy atom. The lowest BCUT2D eigenvalue weighted by atomic mass is 10.2. The van der Waals surface area contributed by atoms with Gasteiger partial charge in [0.2, 0.25) is 5.91 Å². The summed E-state index contributed by atoms with van der Waals surface area (Å²) < 4.78 is 17.9. The highest BCUT2D eigenvalue weighted by molar-refractivity contribution is 5.91. The number of hydrogen-bond acceptors (Lipinski definition) is 3. The van der Waals surface area contributed by atoms with E-state index in [9.17, 15) is 14.0 Å². The minimum Gasteiger partial charge on any atom is -0.450 e. The highest BCUT2D eigenvalue weighted by Gasteiger charge is 2.07. The first-order valence-electron chi connectivity index (χ1n) is 5.04. The van der Waals surface area contributed by atoms with Crippen molar-refractivity contribution in [3.63, 3.8) is 0 Å². The first kappa shape index (κ1) is 13.0. The molecule has 0 aliphatic carbocycles. The number of halogens is 1. The predicted molar refractivity (Wildman–Crippen MR) is 61.3 cm³/mol. The maximum Gasteiger partial charge on any atom is 0.411 e. The summed E-state index contributed by atoms with van der Waals surface area (Å²) >= 11 is 0. The number of nitrogens with one attached hydrogen (secondary N) is 2. The van der Waals surface area contributed by atoms with Gasteiger partial charge in [-0.3, -0.25) is 10.1 Å². The van der Waals surface area contributed by atoms with E-state index < -0.39 is 17.8 Å². The molecule has 0 aliphatic rings. The Labute approximate surface area is 98.0 Å². The van der Waals surface area contributed by atoms with Gasteiger partial charge in [0.05, 0.1) is 12.3 Å². The lowest BCUT2D eigenvalue weighted by molar-refractivity contribution is -0.114. The molecule has 0 saturated heterocycles. The Bertz CT molecular complexity index is 435. The molecule has 1 aromatic carbocycles. The summed E-state index contributed by atoms with van der Waals surface area (Å²) in [5.41, 5.74) is 0.348. The molecule has 0 spiro atoms.